The third kappa shape index (κ3) is 2.55. The minimum Gasteiger partial charge on any atom is -0.350 e. The molecule has 1 unspecified atom stereocenters. The first-order valence-corrected chi connectivity index (χ1v) is 7.06. The van der Waals surface area contributed by atoms with E-state index in [9.17, 15) is 4.79 Å². The average Bonchev–Trinajstić information content (AvgIpc) is 2.90. The summed E-state index contributed by atoms with van der Waals surface area (Å²) in [7, 11) is 1.96. The maximum Gasteiger partial charge on any atom is 0.253 e. The molecule has 0 saturated heterocycles. The highest BCUT2D eigenvalue weighted by atomic mass is 16.1. The number of aryl methyl sites for hydroxylation is 1. The van der Waals surface area contributed by atoms with Gasteiger partial charge in [0.25, 0.3) is 5.91 Å². The number of hydrogen-bond acceptors (Lipinski definition) is 1. The van der Waals surface area contributed by atoms with Crippen molar-refractivity contribution in [1.82, 2.24) is 9.88 Å². The SMILES string of the molecule is CC(NC(=O)c1cccc2ccn(C)c12)c1ccccc1. The minimum absolute atomic E-state index is 0.0192. The fourth-order valence-electron chi connectivity index (χ4n) is 2.64. The second-order valence-electron chi connectivity index (χ2n) is 5.28. The first-order valence-electron chi connectivity index (χ1n) is 7.06. The normalized spacial score (nSPS) is 12.3. The molecule has 0 fully saturated rings. The number of benzene rings is 2. The van der Waals surface area contributed by atoms with E-state index in [4.69, 9.17) is 0 Å². The smallest absolute Gasteiger partial charge is 0.253 e. The van der Waals surface area contributed by atoms with Crippen LogP contribution in [0.25, 0.3) is 10.9 Å². The van der Waals surface area contributed by atoms with Gasteiger partial charge in [0.1, 0.15) is 0 Å². The molecule has 1 N–H and O–H groups in total. The van der Waals surface area contributed by atoms with E-state index in [0.29, 0.717) is 5.56 Å². The molecule has 0 aliphatic heterocycles. The maximum absolute atomic E-state index is 12.6. The Balaban J connectivity index is 1.89. The lowest BCUT2D eigenvalue weighted by atomic mass is 10.1. The summed E-state index contributed by atoms with van der Waals surface area (Å²) < 4.78 is 1.98. The van der Waals surface area contributed by atoms with E-state index in [0.717, 1.165) is 16.5 Å². The first kappa shape index (κ1) is 13.4. The zero-order valence-corrected chi connectivity index (χ0v) is 12.2. The van der Waals surface area contributed by atoms with Crippen molar-refractivity contribution in [2.24, 2.45) is 7.05 Å². The van der Waals surface area contributed by atoms with Gasteiger partial charge >= 0.3 is 0 Å². The first-order chi connectivity index (χ1) is 10.2. The highest BCUT2D eigenvalue weighted by Crippen LogP contribution is 2.20. The van der Waals surface area contributed by atoms with Gasteiger partial charge in [-0.3, -0.25) is 4.79 Å². The Hall–Kier alpha value is -2.55. The largest absolute Gasteiger partial charge is 0.350 e. The summed E-state index contributed by atoms with van der Waals surface area (Å²) >= 11 is 0. The number of aromatic nitrogens is 1. The van der Waals surface area contributed by atoms with Crippen molar-refractivity contribution in [2.45, 2.75) is 13.0 Å². The van der Waals surface area contributed by atoms with Gasteiger partial charge in [0, 0.05) is 18.6 Å². The Morgan fingerprint density at radius 1 is 1.05 bits per heavy atom. The number of hydrogen-bond donors (Lipinski definition) is 1. The van der Waals surface area contributed by atoms with E-state index in [-0.39, 0.29) is 11.9 Å². The Morgan fingerprint density at radius 3 is 2.57 bits per heavy atom. The number of carbonyl (C=O) groups excluding carboxylic acids is 1. The molecule has 3 nitrogen and oxygen atoms in total. The number of nitrogens with zero attached hydrogens (tertiary/aromatic N) is 1. The second-order valence-corrected chi connectivity index (χ2v) is 5.28. The lowest BCUT2D eigenvalue weighted by molar-refractivity contribution is 0.0941. The van der Waals surface area contributed by atoms with Crippen LogP contribution in [0.3, 0.4) is 0 Å². The molecule has 0 aliphatic rings. The quantitative estimate of drug-likeness (QED) is 0.779. The van der Waals surface area contributed by atoms with Gasteiger partial charge < -0.3 is 9.88 Å². The highest BCUT2D eigenvalue weighted by Gasteiger charge is 2.15. The predicted octanol–water partition coefficient (Wildman–Crippen LogP) is 3.67. The van der Waals surface area contributed by atoms with Gasteiger partial charge in [-0.15, -0.1) is 0 Å². The van der Waals surface area contributed by atoms with Crippen molar-refractivity contribution in [1.29, 1.82) is 0 Å². The summed E-state index contributed by atoms with van der Waals surface area (Å²) in [6.45, 7) is 2.00. The van der Waals surface area contributed by atoms with Crippen LogP contribution in [0.15, 0.2) is 60.8 Å². The predicted molar refractivity (Wildman–Crippen MR) is 85.2 cm³/mol. The molecule has 1 amide bonds. The molecule has 1 heterocycles. The van der Waals surface area contributed by atoms with Crippen LogP contribution in [0.2, 0.25) is 0 Å². The number of nitrogens with one attached hydrogen (secondary N) is 1. The van der Waals surface area contributed by atoms with Crippen LogP contribution < -0.4 is 5.32 Å². The van der Waals surface area contributed by atoms with Crippen molar-refractivity contribution in [3.8, 4) is 0 Å². The summed E-state index contributed by atoms with van der Waals surface area (Å²) in [4.78, 5) is 12.6. The highest BCUT2D eigenvalue weighted by molar-refractivity contribution is 6.06. The number of carbonyl (C=O) groups is 1. The van der Waals surface area contributed by atoms with Gasteiger partial charge in [-0.05, 0) is 24.6 Å². The van der Waals surface area contributed by atoms with E-state index in [1.165, 1.54) is 0 Å². The molecule has 0 aliphatic carbocycles. The van der Waals surface area contributed by atoms with Gasteiger partial charge in [0.15, 0.2) is 0 Å². The van der Waals surface area contributed by atoms with Crippen LogP contribution in [0, 0.1) is 0 Å². The molecule has 106 valence electrons. The summed E-state index contributed by atoms with van der Waals surface area (Å²) in [6.07, 6.45) is 1.97. The molecule has 3 aromatic rings. The van der Waals surface area contributed by atoms with Crippen LogP contribution in [-0.4, -0.2) is 10.5 Å². The molecule has 0 saturated carbocycles. The van der Waals surface area contributed by atoms with Gasteiger partial charge in [-0.1, -0.05) is 42.5 Å². The van der Waals surface area contributed by atoms with Crippen molar-refractivity contribution in [3.63, 3.8) is 0 Å². The fraction of sp³-hybridized carbons (Fsp3) is 0.167. The Bertz CT molecular complexity index is 774. The van der Waals surface area contributed by atoms with Gasteiger partial charge in [0.2, 0.25) is 0 Å². The lowest BCUT2D eigenvalue weighted by Gasteiger charge is -2.15. The molecule has 1 aromatic heterocycles. The van der Waals surface area contributed by atoms with E-state index < -0.39 is 0 Å². The fourth-order valence-corrected chi connectivity index (χ4v) is 2.64. The van der Waals surface area contributed by atoms with Crippen LogP contribution in [0.1, 0.15) is 28.9 Å². The summed E-state index contributed by atoms with van der Waals surface area (Å²) in [5.41, 5.74) is 2.78. The Kier molecular flexibility index (Phi) is 3.48. The Morgan fingerprint density at radius 2 is 1.81 bits per heavy atom. The zero-order valence-electron chi connectivity index (χ0n) is 12.2. The van der Waals surface area contributed by atoms with E-state index in [2.05, 4.69) is 5.32 Å². The maximum atomic E-state index is 12.6. The molecule has 3 heteroatoms. The van der Waals surface area contributed by atoms with Gasteiger partial charge in [-0.25, -0.2) is 0 Å². The minimum atomic E-state index is -0.0428. The lowest BCUT2D eigenvalue weighted by Crippen LogP contribution is -2.27. The van der Waals surface area contributed by atoms with Crippen LogP contribution in [-0.2, 0) is 7.05 Å². The van der Waals surface area contributed by atoms with E-state index in [1.54, 1.807) is 0 Å². The third-order valence-corrected chi connectivity index (χ3v) is 3.79. The van der Waals surface area contributed by atoms with Crippen LogP contribution >= 0.6 is 0 Å². The molecule has 3 rings (SSSR count). The van der Waals surface area contributed by atoms with Crippen molar-refractivity contribution < 1.29 is 4.79 Å². The van der Waals surface area contributed by atoms with Crippen molar-refractivity contribution in [3.05, 3.63) is 71.9 Å². The van der Waals surface area contributed by atoms with E-state index >= 15 is 0 Å². The van der Waals surface area contributed by atoms with Crippen molar-refractivity contribution in [2.75, 3.05) is 0 Å². The van der Waals surface area contributed by atoms with Crippen LogP contribution in [0.4, 0.5) is 0 Å². The molecule has 21 heavy (non-hydrogen) atoms. The number of amides is 1. The Labute approximate surface area is 124 Å². The topological polar surface area (TPSA) is 34.0 Å². The van der Waals surface area contributed by atoms with E-state index in [1.807, 2.05) is 79.3 Å². The van der Waals surface area contributed by atoms with Gasteiger partial charge in [0.05, 0.1) is 17.1 Å². The summed E-state index contributed by atoms with van der Waals surface area (Å²) in [5.74, 6) is -0.0428. The molecule has 1 atom stereocenters. The monoisotopic (exact) mass is 278 g/mol. The zero-order chi connectivity index (χ0) is 14.8. The van der Waals surface area contributed by atoms with Crippen LogP contribution in [0.5, 0.6) is 0 Å². The van der Waals surface area contributed by atoms with Crippen molar-refractivity contribution >= 4 is 16.8 Å². The summed E-state index contributed by atoms with van der Waals surface area (Å²) in [6, 6.07) is 17.8. The van der Waals surface area contributed by atoms with Gasteiger partial charge in [-0.2, -0.15) is 0 Å². The number of fused-ring (bicyclic) bond motifs is 1. The molecule has 0 spiro atoms. The summed E-state index contributed by atoms with van der Waals surface area (Å²) in [5, 5.41) is 4.15. The molecule has 0 bridgehead atoms. The number of rotatable bonds is 3. The molecular formula is C18H18N2O. The number of para-hydroxylation sites is 1. The second kappa shape index (κ2) is 5.44. The average molecular weight is 278 g/mol. The third-order valence-electron chi connectivity index (χ3n) is 3.79. The standard InChI is InChI=1S/C18H18N2O/c1-13(14-7-4-3-5-8-14)19-18(21)16-10-6-9-15-11-12-20(2)17(15)16/h3-13H,1-2H3,(H,19,21). The molecule has 2 aromatic carbocycles. The molecule has 0 radical (unpaired) electrons. The molecular weight excluding hydrogens is 260 g/mol.